The molecule has 2 N–H and O–H groups in total. The Morgan fingerprint density at radius 3 is 2.73 bits per heavy atom. The summed E-state index contributed by atoms with van der Waals surface area (Å²) in [4.78, 5) is 4.18. The van der Waals surface area contributed by atoms with Crippen molar-refractivity contribution in [1.29, 1.82) is 0 Å². The minimum atomic E-state index is 0.222. The minimum absolute atomic E-state index is 0.222. The molecule has 0 aliphatic heterocycles. The zero-order valence-electron chi connectivity index (χ0n) is 7.04. The first-order chi connectivity index (χ1) is 5.18. The van der Waals surface area contributed by atoms with Crippen LogP contribution in [0.25, 0.3) is 0 Å². The third kappa shape index (κ3) is 2.68. The summed E-state index contributed by atoms with van der Waals surface area (Å²) < 4.78 is 0. The molecule has 1 rings (SSSR count). The molecule has 1 heterocycles. The van der Waals surface area contributed by atoms with Crippen molar-refractivity contribution in [1.82, 2.24) is 4.98 Å². The van der Waals surface area contributed by atoms with Crippen LogP contribution >= 0.6 is 0 Å². The molecular formula is C9H14N2. The standard InChI is InChI=1S/C9H14N2/c1-7(10)5-9-4-3-8(2)11-6-9/h3-4,6-7H,5,10H2,1-2H3. The average molecular weight is 150 g/mol. The number of hydrogen-bond acceptors (Lipinski definition) is 2. The molecule has 0 bridgehead atoms. The predicted molar refractivity (Wildman–Crippen MR) is 46.3 cm³/mol. The molecule has 0 saturated carbocycles. The maximum Gasteiger partial charge on any atom is 0.0372 e. The molecular weight excluding hydrogens is 136 g/mol. The van der Waals surface area contributed by atoms with Gasteiger partial charge in [-0.25, -0.2) is 0 Å². The van der Waals surface area contributed by atoms with Gasteiger partial charge in [-0.2, -0.15) is 0 Å². The van der Waals surface area contributed by atoms with Crippen molar-refractivity contribution >= 4 is 0 Å². The monoisotopic (exact) mass is 150 g/mol. The van der Waals surface area contributed by atoms with Gasteiger partial charge in [-0.3, -0.25) is 4.98 Å². The van der Waals surface area contributed by atoms with Gasteiger partial charge in [-0.1, -0.05) is 6.07 Å². The number of aryl methyl sites for hydroxylation is 1. The smallest absolute Gasteiger partial charge is 0.0372 e. The summed E-state index contributed by atoms with van der Waals surface area (Å²) in [7, 11) is 0. The van der Waals surface area contributed by atoms with E-state index in [-0.39, 0.29) is 6.04 Å². The van der Waals surface area contributed by atoms with Crippen LogP contribution in [0.3, 0.4) is 0 Å². The van der Waals surface area contributed by atoms with E-state index in [1.807, 2.05) is 26.1 Å². The lowest BCUT2D eigenvalue weighted by Gasteiger charge is -2.03. The molecule has 0 aromatic carbocycles. The quantitative estimate of drug-likeness (QED) is 0.689. The van der Waals surface area contributed by atoms with E-state index in [4.69, 9.17) is 5.73 Å². The van der Waals surface area contributed by atoms with Crippen molar-refractivity contribution < 1.29 is 0 Å². The molecule has 1 aromatic heterocycles. The zero-order valence-corrected chi connectivity index (χ0v) is 7.04. The van der Waals surface area contributed by atoms with Gasteiger partial charge in [0, 0.05) is 17.9 Å². The van der Waals surface area contributed by atoms with Crippen LogP contribution in [0.4, 0.5) is 0 Å². The Morgan fingerprint density at radius 2 is 2.27 bits per heavy atom. The van der Waals surface area contributed by atoms with E-state index in [1.54, 1.807) is 0 Å². The predicted octanol–water partition coefficient (Wildman–Crippen LogP) is 1.28. The maximum atomic E-state index is 5.63. The zero-order chi connectivity index (χ0) is 8.27. The second kappa shape index (κ2) is 3.49. The fourth-order valence-corrected chi connectivity index (χ4v) is 0.991. The lowest BCUT2D eigenvalue weighted by molar-refractivity contribution is 0.735. The highest BCUT2D eigenvalue weighted by atomic mass is 14.7. The Bertz CT molecular complexity index is 214. The van der Waals surface area contributed by atoms with Crippen molar-refractivity contribution in [3.63, 3.8) is 0 Å². The van der Waals surface area contributed by atoms with Crippen molar-refractivity contribution in [3.8, 4) is 0 Å². The molecule has 0 amide bonds. The number of nitrogens with two attached hydrogens (primary N) is 1. The largest absolute Gasteiger partial charge is 0.328 e. The topological polar surface area (TPSA) is 38.9 Å². The highest BCUT2D eigenvalue weighted by Gasteiger charge is 1.96. The van der Waals surface area contributed by atoms with E-state index < -0.39 is 0 Å². The molecule has 0 radical (unpaired) electrons. The highest BCUT2D eigenvalue weighted by molar-refractivity contribution is 5.13. The van der Waals surface area contributed by atoms with E-state index in [0.29, 0.717) is 0 Å². The third-order valence-electron chi connectivity index (χ3n) is 1.53. The van der Waals surface area contributed by atoms with Crippen LogP contribution in [-0.2, 0) is 6.42 Å². The lowest BCUT2D eigenvalue weighted by atomic mass is 10.1. The lowest BCUT2D eigenvalue weighted by Crippen LogP contribution is -2.17. The fourth-order valence-electron chi connectivity index (χ4n) is 0.991. The summed E-state index contributed by atoms with van der Waals surface area (Å²) in [6.45, 7) is 3.98. The number of aromatic nitrogens is 1. The van der Waals surface area contributed by atoms with Crippen molar-refractivity contribution in [2.75, 3.05) is 0 Å². The van der Waals surface area contributed by atoms with Gasteiger partial charge < -0.3 is 5.73 Å². The Morgan fingerprint density at radius 1 is 1.55 bits per heavy atom. The second-order valence-electron chi connectivity index (χ2n) is 2.99. The molecule has 11 heavy (non-hydrogen) atoms. The Kier molecular flexibility index (Phi) is 2.60. The van der Waals surface area contributed by atoms with E-state index in [9.17, 15) is 0 Å². The van der Waals surface area contributed by atoms with Crippen LogP contribution in [0.1, 0.15) is 18.2 Å². The molecule has 0 aliphatic carbocycles. The summed E-state index contributed by atoms with van der Waals surface area (Å²) in [5.41, 5.74) is 7.90. The minimum Gasteiger partial charge on any atom is -0.328 e. The highest BCUT2D eigenvalue weighted by Crippen LogP contribution is 2.01. The van der Waals surface area contributed by atoms with Gasteiger partial charge in [0.1, 0.15) is 0 Å². The fraction of sp³-hybridized carbons (Fsp3) is 0.444. The summed E-state index contributed by atoms with van der Waals surface area (Å²) in [5.74, 6) is 0. The van der Waals surface area contributed by atoms with Gasteiger partial charge in [0.05, 0.1) is 0 Å². The van der Waals surface area contributed by atoms with E-state index in [1.165, 1.54) is 5.56 Å². The van der Waals surface area contributed by atoms with Crippen LogP contribution in [0.15, 0.2) is 18.3 Å². The van der Waals surface area contributed by atoms with E-state index in [2.05, 4.69) is 11.1 Å². The molecule has 0 spiro atoms. The molecule has 2 nitrogen and oxygen atoms in total. The maximum absolute atomic E-state index is 5.63. The number of rotatable bonds is 2. The van der Waals surface area contributed by atoms with Crippen LogP contribution in [0, 0.1) is 6.92 Å². The van der Waals surface area contributed by atoms with Crippen LogP contribution in [-0.4, -0.2) is 11.0 Å². The Labute approximate surface area is 67.5 Å². The molecule has 1 aromatic rings. The number of hydrogen-bond donors (Lipinski definition) is 1. The number of nitrogens with zero attached hydrogens (tertiary/aromatic N) is 1. The molecule has 0 saturated heterocycles. The van der Waals surface area contributed by atoms with Crippen molar-refractivity contribution in [2.45, 2.75) is 26.3 Å². The first kappa shape index (κ1) is 8.21. The van der Waals surface area contributed by atoms with Crippen LogP contribution < -0.4 is 5.73 Å². The summed E-state index contributed by atoms with van der Waals surface area (Å²) in [6.07, 6.45) is 2.80. The molecule has 2 heteroatoms. The summed E-state index contributed by atoms with van der Waals surface area (Å²) in [6, 6.07) is 4.31. The van der Waals surface area contributed by atoms with Crippen molar-refractivity contribution in [2.24, 2.45) is 5.73 Å². The second-order valence-corrected chi connectivity index (χ2v) is 2.99. The SMILES string of the molecule is Cc1ccc(CC(C)N)cn1. The molecule has 1 unspecified atom stereocenters. The summed E-state index contributed by atoms with van der Waals surface area (Å²) in [5, 5.41) is 0. The van der Waals surface area contributed by atoms with Crippen LogP contribution in [0.5, 0.6) is 0 Å². The molecule has 0 fully saturated rings. The molecule has 1 atom stereocenters. The van der Waals surface area contributed by atoms with E-state index in [0.717, 1.165) is 12.1 Å². The van der Waals surface area contributed by atoms with E-state index >= 15 is 0 Å². The van der Waals surface area contributed by atoms with Gasteiger partial charge in [-0.05, 0) is 31.9 Å². The Hall–Kier alpha value is -0.890. The Balaban J connectivity index is 2.66. The average Bonchev–Trinajstić information content (AvgIpc) is 1.93. The normalized spacial score (nSPS) is 13.0. The van der Waals surface area contributed by atoms with Crippen molar-refractivity contribution in [3.05, 3.63) is 29.6 Å². The third-order valence-corrected chi connectivity index (χ3v) is 1.53. The first-order valence-electron chi connectivity index (χ1n) is 3.85. The van der Waals surface area contributed by atoms with Gasteiger partial charge in [0.25, 0.3) is 0 Å². The first-order valence-corrected chi connectivity index (χ1v) is 3.85. The van der Waals surface area contributed by atoms with Gasteiger partial charge >= 0.3 is 0 Å². The van der Waals surface area contributed by atoms with Gasteiger partial charge in [0.15, 0.2) is 0 Å². The molecule has 0 aliphatic rings. The molecule has 60 valence electrons. The summed E-state index contributed by atoms with van der Waals surface area (Å²) >= 11 is 0. The van der Waals surface area contributed by atoms with Gasteiger partial charge in [-0.15, -0.1) is 0 Å². The number of pyridine rings is 1. The van der Waals surface area contributed by atoms with Gasteiger partial charge in [0.2, 0.25) is 0 Å². The van der Waals surface area contributed by atoms with Crippen LogP contribution in [0.2, 0.25) is 0 Å².